The SMILES string of the molecule is Cc1cc(NN=CN)cc(Nc2nc(NC3CCCCC3N)ncc2C(N)=O)c1. The van der Waals surface area contributed by atoms with Gasteiger partial charge < -0.3 is 27.8 Å². The number of rotatable bonds is 7. The first kappa shape index (κ1) is 20.3. The predicted molar refractivity (Wildman–Crippen MR) is 115 cm³/mol. The predicted octanol–water partition coefficient (Wildman–Crippen LogP) is 1.62. The van der Waals surface area contributed by atoms with Crippen LogP contribution in [0.5, 0.6) is 0 Å². The zero-order valence-corrected chi connectivity index (χ0v) is 16.4. The standard InChI is InChI=1S/C19H27N9O/c1-11-6-12(8-13(7-11)28-24-10-20)25-18-14(17(22)29)9-23-19(27-18)26-16-5-3-2-4-15(16)21/h6-10,15-16,28H,2-5,21H2,1H3,(H2,20,24)(H2,22,29)(H2,23,25,26,27). The van der Waals surface area contributed by atoms with Gasteiger partial charge in [0.2, 0.25) is 5.95 Å². The fourth-order valence-corrected chi connectivity index (χ4v) is 3.40. The van der Waals surface area contributed by atoms with Crippen LogP contribution in [0.25, 0.3) is 0 Å². The molecule has 1 fully saturated rings. The molecule has 1 aliphatic carbocycles. The summed E-state index contributed by atoms with van der Waals surface area (Å²) < 4.78 is 0. The lowest BCUT2D eigenvalue weighted by Gasteiger charge is -2.29. The van der Waals surface area contributed by atoms with E-state index < -0.39 is 5.91 Å². The van der Waals surface area contributed by atoms with E-state index in [1.807, 2.05) is 25.1 Å². The molecule has 1 aliphatic rings. The molecule has 10 nitrogen and oxygen atoms in total. The first-order valence-corrected chi connectivity index (χ1v) is 9.53. The van der Waals surface area contributed by atoms with Crippen LogP contribution in [0, 0.1) is 6.92 Å². The second-order valence-corrected chi connectivity index (χ2v) is 7.12. The van der Waals surface area contributed by atoms with Gasteiger partial charge in [0.1, 0.15) is 17.7 Å². The molecule has 1 aromatic heterocycles. The first-order valence-electron chi connectivity index (χ1n) is 9.53. The summed E-state index contributed by atoms with van der Waals surface area (Å²) >= 11 is 0. The molecule has 2 aromatic rings. The van der Waals surface area contributed by atoms with Crippen molar-refractivity contribution >= 4 is 35.4 Å². The highest BCUT2D eigenvalue weighted by Gasteiger charge is 2.23. The maximum Gasteiger partial charge on any atom is 0.254 e. The van der Waals surface area contributed by atoms with Crippen molar-refractivity contribution in [2.45, 2.75) is 44.7 Å². The molecule has 0 radical (unpaired) electrons. The van der Waals surface area contributed by atoms with Crippen LogP contribution in [0.3, 0.4) is 0 Å². The van der Waals surface area contributed by atoms with Crippen molar-refractivity contribution in [3.05, 3.63) is 35.5 Å². The van der Waals surface area contributed by atoms with E-state index >= 15 is 0 Å². The lowest BCUT2D eigenvalue weighted by Crippen LogP contribution is -2.43. The van der Waals surface area contributed by atoms with Crippen molar-refractivity contribution in [2.75, 3.05) is 16.1 Å². The van der Waals surface area contributed by atoms with Gasteiger partial charge in [0, 0.05) is 24.0 Å². The van der Waals surface area contributed by atoms with Crippen molar-refractivity contribution < 1.29 is 4.79 Å². The first-order chi connectivity index (χ1) is 14.0. The van der Waals surface area contributed by atoms with E-state index in [-0.39, 0.29) is 17.6 Å². The van der Waals surface area contributed by atoms with Gasteiger partial charge in [0.25, 0.3) is 5.91 Å². The lowest BCUT2D eigenvalue weighted by atomic mass is 9.91. The molecule has 1 saturated carbocycles. The average Bonchev–Trinajstić information content (AvgIpc) is 2.68. The molecule has 1 heterocycles. The summed E-state index contributed by atoms with van der Waals surface area (Å²) in [6, 6.07) is 5.78. The number of carbonyl (C=O) groups excluding carboxylic acids is 1. The van der Waals surface area contributed by atoms with Gasteiger partial charge >= 0.3 is 0 Å². The van der Waals surface area contributed by atoms with E-state index in [1.54, 1.807) is 0 Å². The van der Waals surface area contributed by atoms with E-state index in [2.05, 4.69) is 31.1 Å². The highest BCUT2D eigenvalue weighted by atomic mass is 16.1. The van der Waals surface area contributed by atoms with E-state index in [1.165, 1.54) is 12.5 Å². The smallest absolute Gasteiger partial charge is 0.254 e. The summed E-state index contributed by atoms with van der Waals surface area (Å²) in [5.74, 6) is 0.101. The van der Waals surface area contributed by atoms with Gasteiger partial charge in [-0.25, -0.2) is 4.98 Å². The van der Waals surface area contributed by atoms with Crippen LogP contribution in [-0.4, -0.2) is 34.3 Å². The Hall–Kier alpha value is -3.40. The topological polar surface area (TPSA) is 169 Å². The molecule has 9 N–H and O–H groups in total. The maximum atomic E-state index is 11.9. The number of nitrogens with one attached hydrogen (secondary N) is 3. The molecule has 1 aromatic carbocycles. The van der Waals surface area contributed by atoms with Crippen LogP contribution in [0.15, 0.2) is 29.5 Å². The third-order valence-corrected chi connectivity index (χ3v) is 4.80. The Morgan fingerprint density at radius 1 is 1.24 bits per heavy atom. The molecule has 2 unspecified atom stereocenters. The molecule has 3 rings (SSSR count). The molecule has 2 atom stereocenters. The quantitative estimate of drug-likeness (QED) is 0.232. The molecule has 0 saturated heterocycles. The number of aromatic nitrogens is 2. The maximum absolute atomic E-state index is 11.9. The van der Waals surface area contributed by atoms with Crippen LogP contribution in [0.1, 0.15) is 41.6 Å². The number of carbonyl (C=O) groups is 1. The van der Waals surface area contributed by atoms with Crippen LogP contribution in [-0.2, 0) is 0 Å². The second-order valence-electron chi connectivity index (χ2n) is 7.12. The summed E-state index contributed by atoms with van der Waals surface area (Å²) in [5, 5.41) is 10.3. The van der Waals surface area contributed by atoms with Crippen molar-refractivity contribution in [1.82, 2.24) is 9.97 Å². The highest BCUT2D eigenvalue weighted by Crippen LogP contribution is 2.25. The van der Waals surface area contributed by atoms with Crippen LogP contribution in [0.4, 0.5) is 23.1 Å². The third kappa shape index (κ3) is 5.32. The van der Waals surface area contributed by atoms with Gasteiger partial charge in [-0.3, -0.25) is 10.2 Å². The highest BCUT2D eigenvalue weighted by molar-refractivity contribution is 5.98. The summed E-state index contributed by atoms with van der Waals surface area (Å²) in [6.45, 7) is 1.94. The minimum Gasteiger partial charge on any atom is -0.388 e. The van der Waals surface area contributed by atoms with Gasteiger partial charge in [-0.1, -0.05) is 12.8 Å². The Morgan fingerprint density at radius 2 is 2.00 bits per heavy atom. The lowest BCUT2D eigenvalue weighted by molar-refractivity contribution is 0.100. The monoisotopic (exact) mass is 397 g/mol. The van der Waals surface area contributed by atoms with E-state index in [9.17, 15) is 4.79 Å². The number of benzene rings is 1. The fraction of sp³-hybridized carbons (Fsp3) is 0.368. The van der Waals surface area contributed by atoms with Crippen molar-refractivity contribution in [2.24, 2.45) is 22.3 Å². The van der Waals surface area contributed by atoms with Crippen LogP contribution < -0.4 is 33.3 Å². The zero-order valence-electron chi connectivity index (χ0n) is 16.4. The zero-order chi connectivity index (χ0) is 20.8. The van der Waals surface area contributed by atoms with Gasteiger partial charge in [-0.15, -0.1) is 0 Å². The largest absolute Gasteiger partial charge is 0.388 e. The number of primary amides is 1. The molecule has 0 bridgehead atoms. The number of hydrogen-bond acceptors (Lipinski definition) is 8. The van der Waals surface area contributed by atoms with Crippen molar-refractivity contribution in [3.63, 3.8) is 0 Å². The summed E-state index contributed by atoms with van der Waals surface area (Å²) in [6.07, 6.45) is 6.75. The number of nitrogens with zero attached hydrogens (tertiary/aromatic N) is 3. The minimum atomic E-state index is -0.618. The summed E-state index contributed by atoms with van der Waals surface area (Å²) in [4.78, 5) is 20.6. The minimum absolute atomic E-state index is 0.0491. The molecule has 0 spiro atoms. The Bertz CT molecular complexity index is 899. The van der Waals surface area contributed by atoms with Gasteiger partial charge in [0.15, 0.2) is 0 Å². The summed E-state index contributed by atoms with van der Waals surface area (Å²) in [5.41, 5.74) is 22.4. The number of amides is 1. The third-order valence-electron chi connectivity index (χ3n) is 4.80. The van der Waals surface area contributed by atoms with E-state index in [0.717, 1.165) is 36.9 Å². The average molecular weight is 397 g/mol. The number of hydrazone groups is 1. The molecule has 0 aliphatic heterocycles. The molecule has 29 heavy (non-hydrogen) atoms. The molecular formula is C19H27N9O. The Balaban J connectivity index is 1.86. The normalized spacial score (nSPS) is 19.1. The van der Waals surface area contributed by atoms with Gasteiger partial charge in [-0.05, 0) is 43.5 Å². The number of hydrogen-bond donors (Lipinski definition) is 6. The molecular weight excluding hydrogens is 370 g/mol. The molecule has 10 heteroatoms. The molecule has 1 amide bonds. The van der Waals surface area contributed by atoms with E-state index in [4.69, 9.17) is 17.2 Å². The molecule has 154 valence electrons. The second kappa shape index (κ2) is 9.20. The number of aryl methyl sites for hydroxylation is 1. The number of anilines is 4. The van der Waals surface area contributed by atoms with Crippen molar-refractivity contribution in [3.8, 4) is 0 Å². The van der Waals surface area contributed by atoms with Crippen LogP contribution in [0.2, 0.25) is 0 Å². The van der Waals surface area contributed by atoms with E-state index in [0.29, 0.717) is 17.5 Å². The fourth-order valence-electron chi connectivity index (χ4n) is 3.40. The van der Waals surface area contributed by atoms with Gasteiger partial charge in [0.05, 0.1) is 5.69 Å². The van der Waals surface area contributed by atoms with Gasteiger partial charge in [-0.2, -0.15) is 10.1 Å². The summed E-state index contributed by atoms with van der Waals surface area (Å²) in [7, 11) is 0. The Labute approximate surface area is 169 Å². The van der Waals surface area contributed by atoms with Crippen molar-refractivity contribution in [1.29, 1.82) is 0 Å². The Kier molecular flexibility index (Phi) is 6.45. The Morgan fingerprint density at radius 3 is 2.72 bits per heavy atom. The van der Waals surface area contributed by atoms with Crippen LogP contribution >= 0.6 is 0 Å². The number of nitrogens with two attached hydrogens (primary N) is 3.